The Balaban J connectivity index is 1.36. The van der Waals surface area contributed by atoms with Crippen LogP contribution in [-0.2, 0) is 10.8 Å². The Labute approximate surface area is 228 Å². The first kappa shape index (κ1) is 22.8. The van der Waals surface area contributed by atoms with Crippen LogP contribution in [0.4, 0.5) is 0 Å². The lowest BCUT2D eigenvalue weighted by atomic mass is 9.78. The van der Waals surface area contributed by atoms with E-state index in [1.165, 1.54) is 50.1 Å². The highest BCUT2D eigenvalue weighted by molar-refractivity contribution is 9.10. The summed E-state index contributed by atoms with van der Waals surface area (Å²) in [6.45, 7) is 4.75. The van der Waals surface area contributed by atoms with Gasteiger partial charge in [0, 0.05) is 15.3 Å². The Bertz CT molecular complexity index is 1610. The molecule has 2 aliphatic rings. The summed E-state index contributed by atoms with van der Waals surface area (Å²) >= 11 is 3.62. The maximum Gasteiger partial charge on any atom is 0.0278 e. The summed E-state index contributed by atoms with van der Waals surface area (Å²) in [5.74, 6) is 0.466. The molecule has 5 aromatic carbocycles. The van der Waals surface area contributed by atoms with Crippen molar-refractivity contribution < 1.29 is 0 Å². The Morgan fingerprint density at radius 1 is 0.595 bits per heavy atom. The van der Waals surface area contributed by atoms with E-state index in [0.29, 0.717) is 5.92 Å². The summed E-state index contributed by atoms with van der Waals surface area (Å²) in [6, 6.07) is 45.2. The minimum atomic E-state index is -0.0110. The van der Waals surface area contributed by atoms with E-state index in [0.717, 1.165) is 10.9 Å². The number of rotatable bonds is 4. The molecule has 0 N–H and O–H groups in total. The van der Waals surface area contributed by atoms with Gasteiger partial charge in [0.05, 0.1) is 0 Å². The molecule has 1 fully saturated rings. The first-order chi connectivity index (χ1) is 18.0. The molecule has 0 spiro atoms. The molecule has 0 saturated heterocycles. The van der Waals surface area contributed by atoms with Crippen LogP contribution < -0.4 is 0 Å². The van der Waals surface area contributed by atoms with Gasteiger partial charge in [-0.3, -0.25) is 0 Å². The molecule has 1 saturated carbocycles. The van der Waals surface area contributed by atoms with E-state index in [4.69, 9.17) is 0 Å². The van der Waals surface area contributed by atoms with E-state index < -0.39 is 0 Å². The second-order valence-electron chi connectivity index (χ2n) is 11.2. The van der Waals surface area contributed by atoms with Crippen LogP contribution in [0.15, 0.2) is 126 Å². The zero-order chi connectivity index (χ0) is 25.2. The summed E-state index contributed by atoms with van der Waals surface area (Å²) < 4.78 is 1.13. The maximum absolute atomic E-state index is 3.62. The fourth-order valence-electron chi connectivity index (χ4n) is 6.74. The molecule has 1 heteroatoms. The second kappa shape index (κ2) is 8.30. The van der Waals surface area contributed by atoms with Crippen molar-refractivity contribution in [3.05, 3.63) is 154 Å². The molecule has 0 aliphatic heterocycles. The van der Waals surface area contributed by atoms with Crippen molar-refractivity contribution in [3.8, 4) is 22.3 Å². The van der Waals surface area contributed by atoms with Crippen LogP contribution in [0.5, 0.6) is 0 Å². The zero-order valence-corrected chi connectivity index (χ0v) is 22.8. The van der Waals surface area contributed by atoms with Crippen molar-refractivity contribution in [3.63, 3.8) is 0 Å². The van der Waals surface area contributed by atoms with Crippen molar-refractivity contribution in [2.24, 2.45) is 0 Å². The lowest BCUT2D eigenvalue weighted by molar-refractivity contribution is 0.657. The molecule has 0 aromatic heterocycles. The predicted octanol–water partition coefficient (Wildman–Crippen LogP) is 9.90. The van der Waals surface area contributed by atoms with Gasteiger partial charge in [0.25, 0.3) is 0 Å². The van der Waals surface area contributed by atoms with Gasteiger partial charge in [0.15, 0.2) is 0 Å². The molecule has 7 rings (SSSR count). The lowest BCUT2D eigenvalue weighted by Crippen LogP contribution is -2.17. The summed E-state index contributed by atoms with van der Waals surface area (Å²) in [4.78, 5) is 0. The highest BCUT2D eigenvalue weighted by Gasteiger charge is 2.57. The van der Waals surface area contributed by atoms with Crippen molar-refractivity contribution in [2.75, 3.05) is 0 Å². The number of halogens is 1. The Kier molecular flexibility index (Phi) is 5.10. The first-order valence-corrected chi connectivity index (χ1v) is 13.9. The third-order valence-electron chi connectivity index (χ3n) is 8.84. The van der Waals surface area contributed by atoms with Gasteiger partial charge in [-0.05, 0) is 74.5 Å². The standard InChI is InChI=1S/C36H29Br/c1-35(2)32-11-7-6-10-30(32)31-21-18-28(22-33(31)35)36(23-34(36)26-14-19-29(37)20-15-26)27-16-12-25(13-17-27)24-8-4-3-5-9-24/h3-22,34H,23H2,1-2H3. The van der Waals surface area contributed by atoms with Gasteiger partial charge in [-0.15, -0.1) is 0 Å². The van der Waals surface area contributed by atoms with Gasteiger partial charge in [-0.2, -0.15) is 0 Å². The Hall–Kier alpha value is -3.42. The van der Waals surface area contributed by atoms with Crippen LogP contribution in [0.1, 0.15) is 54.0 Å². The SMILES string of the molecule is CC1(C)c2ccccc2-c2ccc(C3(c4ccc(-c5ccccc5)cc4)CC3c3ccc(Br)cc3)cc21. The van der Waals surface area contributed by atoms with Gasteiger partial charge in [0.2, 0.25) is 0 Å². The second-order valence-corrected chi connectivity index (χ2v) is 12.1. The van der Waals surface area contributed by atoms with E-state index in [-0.39, 0.29) is 10.8 Å². The molecule has 0 nitrogen and oxygen atoms in total. The van der Waals surface area contributed by atoms with Gasteiger partial charge >= 0.3 is 0 Å². The average Bonchev–Trinajstić information content (AvgIpc) is 3.66. The van der Waals surface area contributed by atoms with Crippen LogP contribution in [0.3, 0.4) is 0 Å². The van der Waals surface area contributed by atoms with Crippen LogP contribution >= 0.6 is 15.9 Å². The fourth-order valence-corrected chi connectivity index (χ4v) is 7.00. The third kappa shape index (κ3) is 3.48. The molecular weight excluding hydrogens is 512 g/mol. The summed E-state index contributed by atoms with van der Waals surface area (Å²) in [5.41, 5.74) is 12.4. The number of hydrogen-bond donors (Lipinski definition) is 0. The van der Waals surface area contributed by atoms with E-state index >= 15 is 0 Å². The molecule has 2 unspecified atom stereocenters. The zero-order valence-electron chi connectivity index (χ0n) is 21.2. The Morgan fingerprint density at radius 2 is 1.22 bits per heavy atom. The molecule has 0 amide bonds. The smallest absolute Gasteiger partial charge is 0.0278 e. The predicted molar refractivity (Wildman–Crippen MR) is 158 cm³/mol. The topological polar surface area (TPSA) is 0 Å². The van der Waals surface area contributed by atoms with E-state index in [9.17, 15) is 0 Å². The molecule has 2 aliphatic carbocycles. The molecule has 0 heterocycles. The quantitative estimate of drug-likeness (QED) is 0.212. The fraction of sp³-hybridized carbons (Fsp3) is 0.167. The third-order valence-corrected chi connectivity index (χ3v) is 9.37. The molecule has 5 aromatic rings. The Morgan fingerprint density at radius 3 is 1.97 bits per heavy atom. The molecule has 0 bridgehead atoms. The van der Waals surface area contributed by atoms with Gasteiger partial charge in [-0.25, -0.2) is 0 Å². The van der Waals surface area contributed by atoms with Crippen molar-refractivity contribution >= 4 is 15.9 Å². The van der Waals surface area contributed by atoms with Crippen LogP contribution in [0.25, 0.3) is 22.3 Å². The van der Waals surface area contributed by atoms with Crippen LogP contribution in [0.2, 0.25) is 0 Å². The molecule has 2 atom stereocenters. The van der Waals surface area contributed by atoms with Crippen molar-refractivity contribution in [1.29, 1.82) is 0 Å². The normalized spacial score (nSPS) is 20.8. The van der Waals surface area contributed by atoms with Gasteiger partial charge in [0.1, 0.15) is 0 Å². The summed E-state index contributed by atoms with van der Waals surface area (Å²) in [6.07, 6.45) is 1.13. The largest absolute Gasteiger partial charge is 0.0622 e. The molecule has 37 heavy (non-hydrogen) atoms. The number of hydrogen-bond acceptors (Lipinski definition) is 0. The van der Waals surface area contributed by atoms with Crippen molar-refractivity contribution in [2.45, 2.75) is 37.0 Å². The average molecular weight is 542 g/mol. The lowest BCUT2D eigenvalue weighted by Gasteiger charge is -2.25. The minimum absolute atomic E-state index is 0.00227. The molecule has 180 valence electrons. The van der Waals surface area contributed by atoms with E-state index in [1.807, 2.05) is 0 Å². The number of fused-ring (bicyclic) bond motifs is 3. The summed E-state index contributed by atoms with van der Waals surface area (Å²) in [7, 11) is 0. The van der Waals surface area contributed by atoms with Gasteiger partial charge in [-0.1, -0.05) is 139 Å². The monoisotopic (exact) mass is 540 g/mol. The van der Waals surface area contributed by atoms with E-state index in [2.05, 4.69) is 151 Å². The van der Waals surface area contributed by atoms with Crippen molar-refractivity contribution in [1.82, 2.24) is 0 Å². The van der Waals surface area contributed by atoms with Crippen LogP contribution in [0, 0.1) is 0 Å². The maximum atomic E-state index is 3.62. The highest BCUT2D eigenvalue weighted by atomic mass is 79.9. The molecule has 0 radical (unpaired) electrons. The first-order valence-electron chi connectivity index (χ1n) is 13.1. The van der Waals surface area contributed by atoms with E-state index in [1.54, 1.807) is 0 Å². The summed E-state index contributed by atoms with van der Waals surface area (Å²) in [5, 5.41) is 0. The minimum Gasteiger partial charge on any atom is -0.0622 e. The van der Waals surface area contributed by atoms with Crippen LogP contribution in [-0.4, -0.2) is 0 Å². The van der Waals surface area contributed by atoms with Gasteiger partial charge < -0.3 is 0 Å². The number of benzene rings is 5. The highest BCUT2D eigenvalue weighted by Crippen LogP contribution is 2.65. The molecular formula is C36H29Br.